The molecule has 4 atom stereocenters. The number of rotatable bonds is 5. The largest absolute Gasteiger partial charge is 0.480 e. The molecule has 1 aromatic rings. The van der Waals surface area contributed by atoms with Gasteiger partial charge in [-0.25, -0.2) is 18.4 Å². The summed E-state index contributed by atoms with van der Waals surface area (Å²) < 4.78 is 31.1. The predicted molar refractivity (Wildman–Crippen MR) is 104 cm³/mol. The van der Waals surface area contributed by atoms with Crippen LogP contribution in [0.2, 0.25) is 0 Å². The Morgan fingerprint density at radius 3 is 2.17 bits per heavy atom. The van der Waals surface area contributed by atoms with Crippen molar-refractivity contribution >= 4 is 17.8 Å². The Hall–Kier alpha value is -2.77. The molecule has 0 saturated heterocycles. The van der Waals surface area contributed by atoms with Gasteiger partial charge in [0.1, 0.15) is 12.1 Å². The van der Waals surface area contributed by atoms with E-state index < -0.39 is 35.7 Å². The molecule has 0 aromatic heterocycles. The Balaban J connectivity index is 0.000000172. The van der Waals surface area contributed by atoms with Crippen molar-refractivity contribution in [3.8, 4) is 0 Å². The van der Waals surface area contributed by atoms with Crippen LogP contribution in [0.25, 0.3) is 0 Å². The number of carbonyl (C=O) groups is 3. The maximum atomic E-state index is 12.9. The summed E-state index contributed by atoms with van der Waals surface area (Å²) in [6, 6.07) is 8.07. The van der Waals surface area contributed by atoms with Crippen LogP contribution in [0.5, 0.6) is 0 Å². The van der Waals surface area contributed by atoms with Crippen LogP contribution in [0.4, 0.5) is 8.78 Å². The summed E-state index contributed by atoms with van der Waals surface area (Å²) in [5, 5.41) is 11.2. The van der Waals surface area contributed by atoms with Crippen molar-refractivity contribution in [2.24, 2.45) is 17.8 Å². The van der Waals surface area contributed by atoms with E-state index in [0.29, 0.717) is 5.56 Å². The Morgan fingerprint density at radius 1 is 1.10 bits per heavy atom. The van der Waals surface area contributed by atoms with E-state index in [0.717, 1.165) is 12.8 Å². The van der Waals surface area contributed by atoms with Crippen LogP contribution in [0.3, 0.4) is 0 Å². The van der Waals surface area contributed by atoms with Crippen molar-refractivity contribution in [2.45, 2.75) is 50.7 Å². The maximum absolute atomic E-state index is 12.9. The lowest BCUT2D eigenvalue weighted by Crippen LogP contribution is -2.45. The second kappa shape index (κ2) is 8.93. The van der Waals surface area contributed by atoms with Gasteiger partial charge in [0.05, 0.1) is 5.56 Å². The quantitative estimate of drug-likeness (QED) is 0.561. The van der Waals surface area contributed by atoms with E-state index in [1.807, 2.05) is 30.4 Å². The molecule has 2 unspecified atom stereocenters. The minimum Gasteiger partial charge on any atom is -0.480 e. The van der Waals surface area contributed by atoms with Crippen LogP contribution in [0, 0.1) is 17.8 Å². The van der Waals surface area contributed by atoms with Crippen molar-refractivity contribution in [1.29, 1.82) is 0 Å². The average Bonchev–Trinajstić information content (AvgIpc) is 3.18. The first kappa shape index (κ1) is 21.9. The van der Waals surface area contributed by atoms with Gasteiger partial charge in [-0.1, -0.05) is 30.4 Å². The number of nitrogens with one attached hydrogen (secondary N) is 1. The molecule has 0 heterocycles. The Bertz CT molecular complexity index is 804. The summed E-state index contributed by atoms with van der Waals surface area (Å²) in [5.41, 5.74) is 0.624. The highest BCUT2D eigenvalue weighted by Crippen LogP contribution is 2.66. The van der Waals surface area contributed by atoms with Crippen molar-refractivity contribution < 1.29 is 33.0 Å². The molecular weight excluding hydrogens is 396 g/mol. The number of amides is 1. The van der Waals surface area contributed by atoms with E-state index in [2.05, 4.69) is 5.32 Å². The molecule has 3 aliphatic rings. The second-order valence-electron chi connectivity index (χ2n) is 7.97. The fourth-order valence-electron chi connectivity index (χ4n) is 4.21. The molecule has 1 aromatic carbocycles. The fourth-order valence-corrected chi connectivity index (χ4v) is 4.21. The van der Waals surface area contributed by atoms with Gasteiger partial charge in [-0.3, -0.25) is 4.79 Å². The summed E-state index contributed by atoms with van der Waals surface area (Å²) >= 11 is 0. The topological polar surface area (TPSA) is 92.7 Å². The molecule has 3 aliphatic carbocycles. The van der Waals surface area contributed by atoms with Crippen molar-refractivity contribution in [3.63, 3.8) is 0 Å². The Labute approximate surface area is 173 Å². The van der Waals surface area contributed by atoms with Crippen LogP contribution >= 0.6 is 0 Å². The molecule has 6 nitrogen and oxygen atoms in total. The number of carbonyl (C=O) groups excluding carboxylic acids is 2. The van der Waals surface area contributed by atoms with Crippen LogP contribution in [-0.2, 0) is 14.3 Å². The highest BCUT2D eigenvalue weighted by molar-refractivity contribution is 5.89. The summed E-state index contributed by atoms with van der Waals surface area (Å²) in [6.45, 7) is 1.22. The molecule has 0 spiro atoms. The van der Waals surface area contributed by atoms with Crippen molar-refractivity contribution in [2.75, 3.05) is 0 Å². The maximum Gasteiger partial charge on any atom is 0.338 e. The zero-order valence-corrected chi connectivity index (χ0v) is 16.6. The van der Waals surface area contributed by atoms with Gasteiger partial charge < -0.3 is 15.2 Å². The smallest absolute Gasteiger partial charge is 0.338 e. The van der Waals surface area contributed by atoms with Gasteiger partial charge in [-0.05, 0) is 30.9 Å². The second-order valence-corrected chi connectivity index (χ2v) is 7.97. The molecule has 4 rings (SSSR count). The van der Waals surface area contributed by atoms with Gasteiger partial charge in [0.2, 0.25) is 5.91 Å². The van der Waals surface area contributed by atoms with Gasteiger partial charge in [-0.15, -0.1) is 0 Å². The van der Waals surface area contributed by atoms with Gasteiger partial charge in [0, 0.05) is 31.6 Å². The molecule has 0 aliphatic heterocycles. The van der Waals surface area contributed by atoms with Gasteiger partial charge in [0.15, 0.2) is 0 Å². The molecule has 8 heteroatoms. The van der Waals surface area contributed by atoms with Crippen molar-refractivity contribution in [1.82, 2.24) is 5.32 Å². The summed E-state index contributed by atoms with van der Waals surface area (Å²) in [7, 11) is 0. The number of hydrogen-bond acceptors (Lipinski definition) is 4. The SMILES string of the molecule is CC(=O)NC(C(=O)O)C1C[C@@H]2[C@H](C1)C2(F)F.O=C(OC1CC=CC1)c1ccccc1. The van der Waals surface area contributed by atoms with E-state index in [1.165, 1.54) is 6.92 Å². The molecule has 2 N–H and O–H groups in total. The number of esters is 1. The van der Waals surface area contributed by atoms with E-state index in [-0.39, 0.29) is 30.8 Å². The molecule has 0 radical (unpaired) electrons. The van der Waals surface area contributed by atoms with Gasteiger partial charge in [-0.2, -0.15) is 0 Å². The molecular formula is C22H25F2NO5. The first-order chi connectivity index (χ1) is 14.2. The number of benzene rings is 1. The van der Waals surface area contributed by atoms with Crippen LogP contribution in [0.15, 0.2) is 42.5 Å². The first-order valence-electron chi connectivity index (χ1n) is 9.99. The summed E-state index contributed by atoms with van der Waals surface area (Å²) in [6.07, 6.45) is 6.20. The number of carboxylic acid groups (broad SMARTS) is 1. The number of aliphatic carboxylic acids is 1. The summed E-state index contributed by atoms with van der Waals surface area (Å²) in [5.74, 6) is -6.13. The lowest BCUT2D eigenvalue weighted by molar-refractivity contribution is -0.143. The lowest BCUT2D eigenvalue weighted by atomic mass is 9.94. The Morgan fingerprint density at radius 2 is 1.67 bits per heavy atom. The lowest BCUT2D eigenvalue weighted by Gasteiger charge is -2.22. The molecule has 0 bridgehead atoms. The number of fused-ring (bicyclic) bond motifs is 1. The molecule has 2 fully saturated rings. The fraction of sp³-hybridized carbons (Fsp3) is 0.500. The standard InChI is InChI=1S/C12H12O2.C10H13F2NO3/c13-12(10-6-2-1-3-7-10)14-11-8-4-5-9-11;1-4(14)13-8(9(15)16)5-2-6-7(3-5)10(6,11)12/h1-7,11H,8-9H2;5-8H,2-3H2,1H3,(H,13,14)(H,15,16)/t;5?,6-,7+,8?. The first-order valence-corrected chi connectivity index (χ1v) is 9.99. The zero-order chi connectivity index (χ0) is 21.9. The molecule has 30 heavy (non-hydrogen) atoms. The van der Waals surface area contributed by atoms with Gasteiger partial charge >= 0.3 is 11.9 Å². The highest BCUT2D eigenvalue weighted by Gasteiger charge is 2.72. The Kier molecular flexibility index (Phi) is 6.53. The van der Waals surface area contributed by atoms with E-state index in [9.17, 15) is 23.2 Å². The zero-order valence-electron chi connectivity index (χ0n) is 16.6. The number of carboxylic acids is 1. The number of ether oxygens (including phenoxy) is 1. The number of halogens is 2. The third kappa shape index (κ3) is 5.04. The molecule has 162 valence electrons. The van der Waals surface area contributed by atoms with Crippen molar-refractivity contribution in [3.05, 3.63) is 48.0 Å². The monoisotopic (exact) mass is 421 g/mol. The van der Waals surface area contributed by atoms with Crippen LogP contribution < -0.4 is 5.32 Å². The predicted octanol–water partition coefficient (Wildman–Crippen LogP) is 3.43. The minimum atomic E-state index is -2.60. The van der Waals surface area contributed by atoms with Crippen LogP contribution in [0.1, 0.15) is 43.0 Å². The summed E-state index contributed by atoms with van der Waals surface area (Å²) in [4.78, 5) is 33.3. The number of hydrogen-bond donors (Lipinski definition) is 2. The van der Waals surface area contributed by atoms with E-state index in [4.69, 9.17) is 9.84 Å². The van der Waals surface area contributed by atoms with E-state index >= 15 is 0 Å². The minimum absolute atomic E-state index is 0.0442. The van der Waals surface area contributed by atoms with Crippen LogP contribution in [-0.4, -0.2) is 41.0 Å². The molecule has 1 amide bonds. The molecule has 2 saturated carbocycles. The normalized spacial score (nSPS) is 26.7. The van der Waals surface area contributed by atoms with Gasteiger partial charge in [0.25, 0.3) is 5.92 Å². The third-order valence-corrected chi connectivity index (χ3v) is 5.82. The third-order valence-electron chi connectivity index (χ3n) is 5.82. The van der Waals surface area contributed by atoms with E-state index in [1.54, 1.807) is 12.1 Å². The highest BCUT2D eigenvalue weighted by atomic mass is 19.3. The average molecular weight is 421 g/mol. The number of alkyl halides is 2.